The third-order valence-corrected chi connectivity index (χ3v) is 7.32. The van der Waals surface area contributed by atoms with Crippen LogP contribution in [0.1, 0.15) is 70.4 Å². The van der Waals surface area contributed by atoms with Crippen LogP contribution in [0.3, 0.4) is 0 Å². The Morgan fingerprint density at radius 1 is 0.757 bits per heavy atom. The molecule has 0 aliphatic heterocycles. The van der Waals surface area contributed by atoms with E-state index >= 15 is 0 Å². The van der Waals surface area contributed by atoms with E-state index in [4.69, 9.17) is 0 Å². The second-order valence-electron chi connectivity index (χ2n) is 10.2. The van der Waals surface area contributed by atoms with Gasteiger partial charge in [-0.25, -0.2) is 26.3 Å². The summed E-state index contributed by atoms with van der Waals surface area (Å²) in [6.07, 6.45) is 3.74. The molecular formula is C30H38F6N+. The van der Waals surface area contributed by atoms with Crippen LogP contribution in [0.4, 0.5) is 26.3 Å². The van der Waals surface area contributed by atoms with Gasteiger partial charge in [-0.05, 0) is 59.7 Å². The molecule has 0 aliphatic carbocycles. The molecule has 0 spiro atoms. The molecule has 0 fully saturated rings. The molecule has 2 aromatic rings. The van der Waals surface area contributed by atoms with Crippen LogP contribution >= 0.6 is 0 Å². The largest absolute Gasteiger partial charge is 0.320 e. The summed E-state index contributed by atoms with van der Waals surface area (Å²) < 4.78 is 83.2. The van der Waals surface area contributed by atoms with Crippen LogP contribution in [0.15, 0.2) is 43.0 Å². The summed E-state index contributed by atoms with van der Waals surface area (Å²) in [6, 6.07) is 3.93. The first kappa shape index (κ1) is 30.7. The van der Waals surface area contributed by atoms with Crippen molar-refractivity contribution in [3.63, 3.8) is 0 Å². The highest BCUT2D eigenvalue weighted by Gasteiger charge is 2.33. The molecule has 0 heterocycles. The molecule has 1 nitrogen and oxygen atoms in total. The first-order valence-electron chi connectivity index (χ1n) is 12.9. The zero-order valence-electron chi connectivity index (χ0n) is 22.3. The summed E-state index contributed by atoms with van der Waals surface area (Å²) in [6.45, 7) is 18.9. The Hall–Kier alpha value is -2.54. The maximum absolute atomic E-state index is 13.9. The summed E-state index contributed by atoms with van der Waals surface area (Å²) in [5.74, 6) is -8.32. The molecule has 0 N–H and O–H groups in total. The molecule has 0 aromatic heterocycles. The summed E-state index contributed by atoms with van der Waals surface area (Å²) in [7, 11) is 0. The molecule has 2 unspecified atom stereocenters. The van der Waals surface area contributed by atoms with Crippen LogP contribution < -0.4 is 0 Å². The van der Waals surface area contributed by atoms with E-state index < -0.39 is 34.9 Å². The third-order valence-electron chi connectivity index (χ3n) is 7.32. The molecule has 2 rings (SSSR count). The molecule has 2 atom stereocenters. The van der Waals surface area contributed by atoms with E-state index in [1.54, 1.807) is 0 Å². The highest BCUT2D eigenvalue weighted by atomic mass is 19.2. The first-order valence-corrected chi connectivity index (χ1v) is 12.9. The van der Waals surface area contributed by atoms with Crippen LogP contribution in [0.25, 0.3) is 5.57 Å². The second kappa shape index (κ2) is 13.3. The van der Waals surface area contributed by atoms with E-state index in [0.717, 1.165) is 63.0 Å². The minimum absolute atomic E-state index is 0.0419. The Morgan fingerprint density at radius 2 is 1.19 bits per heavy atom. The number of rotatable bonds is 14. The van der Waals surface area contributed by atoms with E-state index in [0.29, 0.717) is 34.3 Å². The van der Waals surface area contributed by atoms with Gasteiger partial charge in [0.05, 0.1) is 19.6 Å². The van der Waals surface area contributed by atoms with Crippen molar-refractivity contribution in [1.82, 2.24) is 0 Å². The zero-order chi connectivity index (χ0) is 27.9. The number of benzene rings is 2. The molecule has 0 aliphatic rings. The van der Waals surface area contributed by atoms with Crippen molar-refractivity contribution in [3.05, 3.63) is 89.0 Å². The molecule has 204 valence electrons. The van der Waals surface area contributed by atoms with Crippen LogP contribution in [0.5, 0.6) is 0 Å². The normalized spacial score (nSPS) is 13.5. The van der Waals surface area contributed by atoms with E-state index in [-0.39, 0.29) is 17.4 Å². The average molecular weight is 527 g/mol. The average Bonchev–Trinajstić information content (AvgIpc) is 2.86. The van der Waals surface area contributed by atoms with Crippen LogP contribution in [-0.2, 0) is 0 Å². The van der Waals surface area contributed by atoms with E-state index in [9.17, 15) is 26.3 Å². The summed E-state index contributed by atoms with van der Waals surface area (Å²) in [5.41, 5.74) is 1.42. The number of halogens is 6. The van der Waals surface area contributed by atoms with Gasteiger partial charge < -0.3 is 4.48 Å². The molecule has 0 radical (unpaired) electrons. The Morgan fingerprint density at radius 3 is 1.62 bits per heavy atom. The third kappa shape index (κ3) is 7.73. The minimum Gasteiger partial charge on any atom is -0.320 e. The molecule has 7 heteroatoms. The van der Waals surface area contributed by atoms with Crippen molar-refractivity contribution < 1.29 is 30.8 Å². The van der Waals surface area contributed by atoms with E-state index in [1.165, 1.54) is 0 Å². The van der Waals surface area contributed by atoms with E-state index in [1.807, 2.05) is 13.8 Å². The lowest BCUT2D eigenvalue weighted by Crippen LogP contribution is -2.53. The fourth-order valence-electron chi connectivity index (χ4n) is 4.87. The van der Waals surface area contributed by atoms with Crippen LogP contribution in [0.2, 0.25) is 0 Å². The van der Waals surface area contributed by atoms with Crippen molar-refractivity contribution in [1.29, 1.82) is 0 Å². The van der Waals surface area contributed by atoms with Gasteiger partial charge in [0.15, 0.2) is 34.9 Å². The van der Waals surface area contributed by atoms with Crippen molar-refractivity contribution in [2.24, 2.45) is 5.92 Å². The quantitative estimate of drug-likeness (QED) is 0.0998. The predicted molar refractivity (Wildman–Crippen MR) is 138 cm³/mol. The van der Waals surface area contributed by atoms with Gasteiger partial charge in [-0.3, -0.25) is 0 Å². The molecule has 0 amide bonds. The van der Waals surface area contributed by atoms with Gasteiger partial charge in [0, 0.05) is 11.5 Å². The number of hydrogen-bond acceptors (Lipinski definition) is 0. The van der Waals surface area contributed by atoms with Gasteiger partial charge in [-0.1, -0.05) is 53.7 Å². The van der Waals surface area contributed by atoms with Gasteiger partial charge in [-0.2, -0.15) is 0 Å². The minimum atomic E-state index is -1.53. The fraction of sp³-hybridized carbons (Fsp3) is 0.467. The molecule has 37 heavy (non-hydrogen) atoms. The zero-order valence-corrected chi connectivity index (χ0v) is 22.3. The van der Waals surface area contributed by atoms with Crippen LogP contribution in [-0.4, -0.2) is 30.7 Å². The standard InChI is InChI=1S/C30H38F6N/c1-7-9-11-37(12-10-8-2,17-19(3)21(5)23-13-25(31)29(35)26(32)14-23)18-20(4)22(6)24-15-27(33)30(36)28(34)16-24/h13-16,20,22H,3,5,7-12,17-18H2,1-2,4,6H3/q+1. The van der Waals surface area contributed by atoms with Crippen LogP contribution in [0, 0.1) is 40.8 Å². The van der Waals surface area contributed by atoms with Gasteiger partial charge in [0.2, 0.25) is 0 Å². The maximum Gasteiger partial charge on any atom is 0.194 e. The van der Waals surface area contributed by atoms with Crippen molar-refractivity contribution in [2.75, 3.05) is 26.2 Å². The molecule has 0 saturated carbocycles. The summed E-state index contributed by atoms with van der Waals surface area (Å²) in [5, 5.41) is 0. The van der Waals surface area contributed by atoms with Crippen molar-refractivity contribution in [3.8, 4) is 0 Å². The highest BCUT2D eigenvalue weighted by molar-refractivity contribution is 5.76. The monoisotopic (exact) mass is 526 g/mol. The smallest absolute Gasteiger partial charge is 0.194 e. The lowest BCUT2D eigenvalue weighted by Gasteiger charge is -2.43. The van der Waals surface area contributed by atoms with Gasteiger partial charge >= 0.3 is 0 Å². The van der Waals surface area contributed by atoms with Crippen molar-refractivity contribution in [2.45, 2.75) is 59.3 Å². The lowest BCUT2D eigenvalue weighted by molar-refractivity contribution is -0.927. The van der Waals surface area contributed by atoms with Gasteiger partial charge in [-0.15, -0.1) is 0 Å². The number of quaternary nitrogens is 1. The summed E-state index contributed by atoms with van der Waals surface area (Å²) in [4.78, 5) is 0. The van der Waals surface area contributed by atoms with Gasteiger partial charge in [0.1, 0.15) is 6.54 Å². The molecule has 2 aromatic carbocycles. The van der Waals surface area contributed by atoms with E-state index in [2.05, 4.69) is 27.0 Å². The van der Waals surface area contributed by atoms with Gasteiger partial charge in [0.25, 0.3) is 0 Å². The number of hydrogen-bond donors (Lipinski definition) is 0. The predicted octanol–water partition coefficient (Wildman–Crippen LogP) is 8.95. The molecular weight excluding hydrogens is 488 g/mol. The lowest BCUT2D eigenvalue weighted by atomic mass is 9.87. The van der Waals surface area contributed by atoms with Crippen molar-refractivity contribution >= 4 is 5.57 Å². The Balaban J connectivity index is 2.37. The topological polar surface area (TPSA) is 0 Å². The Labute approximate surface area is 217 Å². The highest BCUT2D eigenvalue weighted by Crippen LogP contribution is 2.32. The fourth-order valence-corrected chi connectivity index (χ4v) is 4.87. The number of nitrogens with zero attached hydrogens (tertiary/aromatic N) is 1. The maximum atomic E-state index is 13.9. The molecule has 0 bridgehead atoms. The SMILES string of the molecule is C=C(C[N+](CCCC)(CCCC)CC(C)C(C)c1cc(F)c(F)c(F)c1)C(=C)c1cc(F)c(F)c(F)c1. The number of unbranched alkanes of at least 4 members (excludes halogenated alkanes) is 2. The summed E-state index contributed by atoms with van der Waals surface area (Å²) >= 11 is 0. The Kier molecular flexibility index (Phi) is 11.0. The molecule has 0 saturated heterocycles. The Bertz CT molecular complexity index is 1060. The second-order valence-corrected chi connectivity index (χ2v) is 10.2. The first-order chi connectivity index (χ1) is 17.4.